The molecule has 2 fully saturated rings. The maximum atomic E-state index is 12.8. The number of nitrogens with zero attached hydrogens (tertiary/aromatic N) is 3. The molecule has 0 saturated carbocycles. The number of likely N-dealkylation sites (tertiary alicyclic amines) is 2. The van der Waals surface area contributed by atoms with E-state index in [4.69, 9.17) is 0 Å². The molecule has 1 amide bonds. The Morgan fingerprint density at radius 2 is 1.59 bits per heavy atom. The molecule has 2 aromatic carbocycles. The van der Waals surface area contributed by atoms with Gasteiger partial charge in [0, 0.05) is 50.4 Å². The number of carbonyl (C=O) groups excluding carboxylic acids is 1. The van der Waals surface area contributed by atoms with Gasteiger partial charge in [-0.05, 0) is 36.0 Å². The Hall–Kier alpha value is -2.73. The van der Waals surface area contributed by atoms with E-state index in [2.05, 4.69) is 29.2 Å². The zero-order valence-corrected chi connectivity index (χ0v) is 15.2. The highest BCUT2D eigenvalue weighted by Crippen LogP contribution is 2.30. The van der Waals surface area contributed by atoms with Crippen LogP contribution in [0.5, 0.6) is 0 Å². The molecule has 6 nitrogen and oxygen atoms in total. The van der Waals surface area contributed by atoms with E-state index in [1.54, 1.807) is 12.1 Å². The van der Waals surface area contributed by atoms with Gasteiger partial charge in [0.05, 0.1) is 4.92 Å². The van der Waals surface area contributed by atoms with Gasteiger partial charge in [-0.15, -0.1) is 0 Å². The average Bonchev–Trinajstić information content (AvgIpc) is 2.67. The zero-order valence-electron chi connectivity index (χ0n) is 15.2. The lowest BCUT2D eigenvalue weighted by molar-refractivity contribution is -0.384. The van der Waals surface area contributed by atoms with Crippen molar-refractivity contribution in [3.05, 3.63) is 75.8 Å². The number of hydrogen-bond acceptors (Lipinski definition) is 4. The summed E-state index contributed by atoms with van der Waals surface area (Å²) in [6.07, 6.45) is 1.18. The molecular formula is C21H23N3O3. The summed E-state index contributed by atoms with van der Waals surface area (Å²) in [5.74, 6) is 0.961. The Bertz CT molecular complexity index is 808. The van der Waals surface area contributed by atoms with Gasteiger partial charge in [-0.25, -0.2) is 0 Å². The molecule has 0 radical (unpaired) electrons. The minimum Gasteiger partial charge on any atom is -0.338 e. The Labute approximate surface area is 158 Å². The van der Waals surface area contributed by atoms with Gasteiger partial charge in [-0.1, -0.05) is 30.3 Å². The molecule has 2 heterocycles. The Morgan fingerprint density at radius 3 is 2.19 bits per heavy atom. The van der Waals surface area contributed by atoms with Gasteiger partial charge in [0.1, 0.15) is 0 Å². The summed E-state index contributed by atoms with van der Waals surface area (Å²) in [6.45, 7) is 4.50. The van der Waals surface area contributed by atoms with Crippen LogP contribution in [-0.2, 0) is 6.54 Å². The van der Waals surface area contributed by atoms with E-state index in [1.165, 1.54) is 24.1 Å². The number of nitro groups is 1. The summed E-state index contributed by atoms with van der Waals surface area (Å²) in [4.78, 5) is 27.6. The molecule has 2 aliphatic rings. The minimum absolute atomic E-state index is 0.0126. The number of amides is 1. The first-order chi connectivity index (χ1) is 13.1. The summed E-state index contributed by atoms with van der Waals surface area (Å²) < 4.78 is 0. The van der Waals surface area contributed by atoms with Crippen molar-refractivity contribution in [2.24, 2.45) is 11.8 Å². The third kappa shape index (κ3) is 4.01. The Morgan fingerprint density at radius 1 is 0.963 bits per heavy atom. The van der Waals surface area contributed by atoms with Crippen LogP contribution in [0.15, 0.2) is 54.6 Å². The van der Waals surface area contributed by atoms with Crippen molar-refractivity contribution in [1.82, 2.24) is 9.80 Å². The van der Waals surface area contributed by atoms with Crippen molar-refractivity contribution < 1.29 is 9.72 Å². The van der Waals surface area contributed by atoms with E-state index in [0.29, 0.717) is 17.4 Å². The average molecular weight is 365 g/mol. The van der Waals surface area contributed by atoms with E-state index in [9.17, 15) is 14.9 Å². The number of nitro benzene ring substituents is 1. The second-order valence-electron chi connectivity index (χ2n) is 7.66. The summed E-state index contributed by atoms with van der Waals surface area (Å²) in [6, 6.07) is 16.4. The topological polar surface area (TPSA) is 66.7 Å². The molecule has 2 bridgehead atoms. The molecule has 2 atom stereocenters. The van der Waals surface area contributed by atoms with Gasteiger partial charge in [0.2, 0.25) is 0 Å². The Kier molecular flexibility index (Phi) is 4.90. The van der Waals surface area contributed by atoms with Crippen LogP contribution in [0.3, 0.4) is 0 Å². The number of hydrogen-bond donors (Lipinski definition) is 0. The highest BCUT2D eigenvalue weighted by molar-refractivity contribution is 5.94. The fraction of sp³-hybridized carbons (Fsp3) is 0.381. The SMILES string of the molecule is O=C(c1ccc([N+](=O)[O-])cc1)N1CC2CC(CN(Cc3ccccc3)C2)C1. The monoisotopic (exact) mass is 365 g/mol. The summed E-state index contributed by atoms with van der Waals surface area (Å²) >= 11 is 0. The summed E-state index contributed by atoms with van der Waals surface area (Å²) in [5.41, 5.74) is 1.87. The minimum atomic E-state index is -0.444. The van der Waals surface area contributed by atoms with Crippen molar-refractivity contribution in [3.63, 3.8) is 0 Å². The highest BCUT2D eigenvalue weighted by atomic mass is 16.6. The van der Waals surface area contributed by atoms with Crippen LogP contribution in [0.2, 0.25) is 0 Å². The lowest BCUT2D eigenvalue weighted by Gasteiger charge is -2.46. The molecule has 0 aliphatic carbocycles. The van der Waals surface area contributed by atoms with Crippen LogP contribution in [0.4, 0.5) is 5.69 Å². The molecule has 0 aromatic heterocycles. The van der Waals surface area contributed by atoms with Crippen molar-refractivity contribution >= 4 is 11.6 Å². The van der Waals surface area contributed by atoms with Crippen LogP contribution < -0.4 is 0 Å². The second kappa shape index (κ2) is 7.48. The maximum Gasteiger partial charge on any atom is 0.269 e. The van der Waals surface area contributed by atoms with Crippen LogP contribution in [-0.4, -0.2) is 46.8 Å². The van der Waals surface area contributed by atoms with Crippen LogP contribution in [0.25, 0.3) is 0 Å². The molecule has 2 unspecified atom stereocenters. The molecular weight excluding hydrogens is 342 g/mol. The van der Waals surface area contributed by atoms with Gasteiger partial charge < -0.3 is 4.90 Å². The van der Waals surface area contributed by atoms with E-state index in [0.717, 1.165) is 32.7 Å². The molecule has 140 valence electrons. The van der Waals surface area contributed by atoms with Gasteiger partial charge in [-0.3, -0.25) is 19.8 Å². The number of rotatable bonds is 4. The number of carbonyl (C=O) groups is 1. The maximum absolute atomic E-state index is 12.8. The lowest BCUT2D eigenvalue weighted by atomic mass is 9.84. The van der Waals surface area contributed by atoms with Crippen molar-refractivity contribution in [1.29, 1.82) is 0 Å². The first-order valence-corrected chi connectivity index (χ1v) is 9.38. The second-order valence-corrected chi connectivity index (χ2v) is 7.66. The Balaban J connectivity index is 1.39. The van der Waals surface area contributed by atoms with Crippen molar-refractivity contribution in [2.75, 3.05) is 26.2 Å². The molecule has 6 heteroatoms. The van der Waals surface area contributed by atoms with E-state index in [-0.39, 0.29) is 11.6 Å². The van der Waals surface area contributed by atoms with Gasteiger partial charge in [0.25, 0.3) is 11.6 Å². The first kappa shape index (κ1) is 17.7. The number of piperidine rings is 2. The predicted molar refractivity (Wildman–Crippen MR) is 102 cm³/mol. The fourth-order valence-corrected chi connectivity index (χ4v) is 4.43. The molecule has 2 aromatic rings. The van der Waals surface area contributed by atoms with Crippen LogP contribution in [0.1, 0.15) is 22.3 Å². The molecule has 2 saturated heterocycles. The van der Waals surface area contributed by atoms with Crippen LogP contribution in [0, 0.1) is 22.0 Å². The number of fused-ring (bicyclic) bond motifs is 2. The molecule has 2 aliphatic heterocycles. The van der Waals surface area contributed by atoms with E-state index in [1.807, 2.05) is 11.0 Å². The normalized spacial score (nSPS) is 22.4. The van der Waals surface area contributed by atoms with Gasteiger partial charge in [0.15, 0.2) is 0 Å². The van der Waals surface area contributed by atoms with E-state index >= 15 is 0 Å². The van der Waals surface area contributed by atoms with Crippen molar-refractivity contribution in [3.8, 4) is 0 Å². The zero-order chi connectivity index (χ0) is 18.8. The molecule has 0 spiro atoms. The molecule has 0 N–H and O–H groups in total. The van der Waals surface area contributed by atoms with E-state index < -0.39 is 4.92 Å². The van der Waals surface area contributed by atoms with Crippen LogP contribution >= 0.6 is 0 Å². The highest BCUT2D eigenvalue weighted by Gasteiger charge is 2.36. The predicted octanol–water partition coefficient (Wildman–Crippen LogP) is 3.19. The molecule has 27 heavy (non-hydrogen) atoms. The fourth-order valence-electron chi connectivity index (χ4n) is 4.43. The van der Waals surface area contributed by atoms with Crippen molar-refractivity contribution in [2.45, 2.75) is 13.0 Å². The van der Waals surface area contributed by atoms with Gasteiger partial charge >= 0.3 is 0 Å². The third-order valence-electron chi connectivity index (χ3n) is 5.52. The number of benzene rings is 2. The first-order valence-electron chi connectivity index (χ1n) is 9.38. The number of non-ortho nitro benzene ring substituents is 1. The quantitative estimate of drug-likeness (QED) is 0.616. The standard InChI is InChI=1S/C21H23N3O3/c25-21(19-6-8-20(9-7-19)24(26)27)23-14-17-10-18(15-23)13-22(12-17)11-16-4-2-1-3-5-16/h1-9,17-18H,10-15H2. The largest absolute Gasteiger partial charge is 0.338 e. The lowest BCUT2D eigenvalue weighted by Crippen LogP contribution is -2.53. The van der Waals surface area contributed by atoms with Gasteiger partial charge in [-0.2, -0.15) is 0 Å². The summed E-state index contributed by atoms with van der Waals surface area (Å²) in [7, 11) is 0. The third-order valence-corrected chi connectivity index (χ3v) is 5.52. The molecule has 4 rings (SSSR count). The smallest absolute Gasteiger partial charge is 0.269 e. The summed E-state index contributed by atoms with van der Waals surface area (Å²) in [5, 5.41) is 10.8.